The predicted molar refractivity (Wildman–Crippen MR) is 122 cm³/mol. The molecule has 2 fully saturated rings. The zero-order valence-electron chi connectivity index (χ0n) is 17.9. The number of halogens is 1. The average molecular weight is 441 g/mol. The first kappa shape index (κ1) is 21.8. The number of ether oxygens (including phenoxy) is 1. The van der Waals surface area contributed by atoms with Crippen molar-refractivity contribution in [1.82, 2.24) is 9.80 Å². The van der Waals surface area contributed by atoms with E-state index in [-0.39, 0.29) is 24.0 Å². The summed E-state index contributed by atoms with van der Waals surface area (Å²) in [7, 11) is 0. The van der Waals surface area contributed by atoms with Crippen LogP contribution in [-0.2, 0) is 4.74 Å². The van der Waals surface area contributed by atoms with Crippen molar-refractivity contribution in [2.24, 2.45) is 0 Å². The van der Waals surface area contributed by atoms with E-state index >= 15 is 0 Å². The molecule has 2 aromatic carbocycles. The number of hydrogen-bond donors (Lipinski definition) is 0. The van der Waals surface area contributed by atoms with Gasteiger partial charge in [-0.3, -0.25) is 9.59 Å². The number of aryl methyl sites for hydroxylation is 1. The van der Waals surface area contributed by atoms with Gasteiger partial charge in [0.05, 0.1) is 12.7 Å². The van der Waals surface area contributed by atoms with Crippen molar-refractivity contribution in [2.75, 3.05) is 26.2 Å². The molecule has 2 amide bonds. The minimum absolute atomic E-state index is 0.0481. The fraction of sp³-hybridized carbons (Fsp3) is 0.440. The fourth-order valence-corrected chi connectivity index (χ4v) is 4.70. The smallest absolute Gasteiger partial charge is 0.254 e. The molecule has 0 bridgehead atoms. The summed E-state index contributed by atoms with van der Waals surface area (Å²) in [4.78, 5) is 30.1. The topological polar surface area (TPSA) is 49.9 Å². The largest absolute Gasteiger partial charge is 0.373 e. The Morgan fingerprint density at radius 1 is 1.10 bits per heavy atom. The number of carbonyl (C=O) groups is 2. The lowest BCUT2D eigenvalue weighted by atomic mass is 10.1. The third-order valence-corrected chi connectivity index (χ3v) is 6.46. The van der Waals surface area contributed by atoms with Gasteiger partial charge >= 0.3 is 0 Å². The van der Waals surface area contributed by atoms with Crippen LogP contribution in [0.15, 0.2) is 48.5 Å². The van der Waals surface area contributed by atoms with Crippen molar-refractivity contribution in [1.29, 1.82) is 0 Å². The number of hydrogen-bond acceptors (Lipinski definition) is 3. The van der Waals surface area contributed by atoms with Crippen LogP contribution in [0.1, 0.15) is 52.0 Å². The molecule has 1 heterocycles. The van der Waals surface area contributed by atoms with E-state index in [0.29, 0.717) is 42.4 Å². The Hall–Kier alpha value is -2.37. The van der Waals surface area contributed by atoms with E-state index in [2.05, 4.69) is 0 Å². The Morgan fingerprint density at radius 2 is 1.84 bits per heavy atom. The van der Waals surface area contributed by atoms with E-state index in [1.807, 2.05) is 41.0 Å². The van der Waals surface area contributed by atoms with E-state index in [9.17, 15) is 9.59 Å². The summed E-state index contributed by atoms with van der Waals surface area (Å²) < 4.78 is 6.00. The van der Waals surface area contributed by atoms with Gasteiger partial charge in [-0.1, -0.05) is 48.2 Å². The molecule has 1 saturated heterocycles. The molecule has 0 N–H and O–H groups in total. The molecule has 164 valence electrons. The second-order valence-corrected chi connectivity index (χ2v) is 8.95. The standard InChI is InChI=1S/C25H29ClN2O3/c1-18-9-11-19(12-10-18)25(30)28(22-7-2-3-8-22)17-23-16-27(13-14-31-23)24(29)20-5-4-6-21(26)15-20/h4-6,9-12,15,22-23H,2-3,7-8,13-14,16-17H2,1H3. The lowest BCUT2D eigenvalue weighted by Gasteiger charge is -2.38. The first-order chi connectivity index (χ1) is 15.0. The molecule has 2 aliphatic rings. The van der Waals surface area contributed by atoms with Crippen LogP contribution in [-0.4, -0.2) is 60.0 Å². The van der Waals surface area contributed by atoms with Crippen molar-refractivity contribution in [3.05, 3.63) is 70.2 Å². The van der Waals surface area contributed by atoms with Crippen LogP contribution >= 0.6 is 11.6 Å². The zero-order chi connectivity index (χ0) is 21.8. The molecule has 0 aromatic heterocycles. The van der Waals surface area contributed by atoms with E-state index in [1.54, 1.807) is 24.3 Å². The van der Waals surface area contributed by atoms with Crippen molar-refractivity contribution >= 4 is 23.4 Å². The quantitative estimate of drug-likeness (QED) is 0.684. The number of nitrogens with zero attached hydrogens (tertiary/aromatic N) is 2. The second kappa shape index (κ2) is 9.84. The van der Waals surface area contributed by atoms with Crippen LogP contribution in [0.25, 0.3) is 0 Å². The van der Waals surface area contributed by atoms with Crippen LogP contribution in [0.4, 0.5) is 0 Å². The van der Waals surface area contributed by atoms with E-state index in [0.717, 1.165) is 31.2 Å². The summed E-state index contributed by atoms with van der Waals surface area (Å²) in [5.41, 5.74) is 2.42. The number of benzene rings is 2. The molecule has 5 nitrogen and oxygen atoms in total. The lowest BCUT2D eigenvalue weighted by Crippen LogP contribution is -2.52. The van der Waals surface area contributed by atoms with Gasteiger partial charge in [0, 0.05) is 41.8 Å². The third-order valence-electron chi connectivity index (χ3n) is 6.22. The maximum absolute atomic E-state index is 13.4. The monoisotopic (exact) mass is 440 g/mol. The predicted octanol–water partition coefficient (Wildman–Crippen LogP) is 4.57. The van der Waals surface area contributed by atoms with Gasteiger partial charge in [0.15, 0.2) is 0 Å². The molecule has 31 heavy (non-hydrogen) atoms. The van der Waals surface area contributed by atoms with Gasteiger partial charge in [-0.2, -0.15) is 0 Å². The van der Waals surface area contributed by atoms with Gasteiger partial charge in [-0.15, -0.1) is 0 Å². The van der Waals surface area contributed by atoms with Crippen molar-refractivity contribution in [2.45, 2.75) is 44.8 Å². The van der Waals surface area contributed by atoms with Gasteiger partial charge in [0.25, 0.3) is 11.8 Å². The number of carbonyl (C=O) groups excluding carboxylic acids is 2. The normalized spacial score (nSPS) is 19.4. The van der Waals surface area contributed by atoms with E-state index in [1.165, 1.54) is 0 Å². The Labute approximate surface area is 188 Å². The third kappa shape index (κ3) is 5.28. The Balaban J connectivity index is 1.47. The Morgan fingerprint density at radius 3 is 2.55 bits per heavy atom. The summed E-state index contributed by atoms with van der Waals surface area (Å²) in [6, 6.07) is 15.0. The SMILES string of the molecule is Cc1ccc(C(=O)N(CC2CN(C(=O)c3cccc(Cl)c3)CCO2)C2CCCC2)cc1. The highest BCUT2D eigenvalue weighted by molar-refractivity contribution is 6.30. The average Bonchev–Trinajstić information content (AvgIpc) is 3.32. The summed E-state index contributed by atoms with van der Waals surface area (Å²) in [6.07, 6.45) is 4.14. The summed E-state index contributed by atoms with van der Waals surface area (Å²) in [5.74, 6) is 0.00173. The maximum Gasteiger partial charge on any atom is 0.254 e. The Bertz CT molecular complexity index is 925. The summed E-state index contributed by atoms with van der Waals surface area (Å²) in [5, 5.41) is 0.548. The van der Waals surface area contributed by atoms with Gasteiger partial charge in [0.2, 0.25) is 0 Å². The highest BCUT2D eigenvalue weighted by atomic mass is 35.5. The van der Waals surface area contributed by atoms with Gasteiger partial charge in [-0.05, 0) is 50.1 Å². The van der Waals surface area contributed by atoms with Crippen LogP contribution in [0.5, 0.6) is 0 Å². The van der Waals surface area contributed by atoms with Crippen LogP contribution in [0.2, 0.25) is 5.02 Å². The highest BCUT2D eigenvalue weighted by Gasteiger charge is 2.33. The maximum atomic E-state index is 13.4. The first-order valence-electron chi connectivity index (χ1n) is 11.1. The summed E-state index contributed by atoms with van der Waals surface area (Å²) >= 11 is 6.06. The van der Waals surface area contributed by atoms with Gasteiger partial charge in [-0.25, -0.2) is 0 Å². The van der Waals surface area contributed by atoms with Crippen molar-refractivity contribution in [3.8, 4) is 0 Å². The molecule has 1 unspecified atom stereocenters. The van der Waals surface area contributed by atoms with Crippen LogP contribution in [0, 0.1) is 6.92 Å². The molecular weight excluding hydrogens is 412 g/mol. The fourth-order valence-electron chi connectivity index (χ4n) is 4.51. The molecule has 1 aliphatic heterocycles. The minimum Gasteiger partial charge on any atom is -0.373 e. The van der Waals surface area contributed by atoms with Crippen molar-refractivity contribution < 1.29 is 14.3 Å². The first-order valence-corrected chi connectivity index (χ1v) is 11.4. The molecule has 6 heteroatoms. The molecule has 1 atom stereocenters. The molecule has 1 aliphatic carbocycles. The molecule has 4 rings (SSSR count). The number of morpholine rings is 1. The van der Waals surface area contributed by atoms with Gasteiger partial charge < -0.3 is 14.5 Å². The summed E-state index contributed by atoms with van der Waals surface area (Å²) in [6.45, 7) is 3.99. The second-order valence-electron chi connectivity index (χ2n) is 8.52. The zero-order valence-corrected chi connectivity index (χ0v) is 18.7. The highest BCUT2D eigenvalue weighted by Crippen LogP contribution is 2.26. The minimum atomic E-state index is -0.202. The molecule has 2 aromatic rings. The molecule has 0 spiro atoms. The van der Waals surface area contributed by atoms with E-state index in [4.69, 9.17) is 16.3 Å². The van der Waals surface area contributed by atoms with Gasteiger partial charge in [0.1, 0.15) is 0 Å². The van der Waals surface area contributed by atoms with Crippen molar-refractivity contribution in [3.63, 3.8) is 0 Å². The Kier molecular flexibility index (Phi) is 6.93. The van der Waals surface area contributed by atoms with Crippen LogP contribution < -0.4 is 0 Å². The molecule has 0 radical (unpaired) electrons. The van der Waals surface area contributed by atoms with Crippen LogP contribution in [0.3, 0.4) is 0 Å². The lowest BCUT2D eigenvalue weighted by molar-refractivity contribution is -0.0370. The molecule has 1 saturated carbocycles. The number of amides is 2. The molecular formula is C25H29ClN2O3. The van der Waals surface area contributed by atoms with E-state index < -0.39 is 0 Å². The number of rotatable bonds is 5.